The second-order valence-electron chi connectivity index (χ2n) is 15.9. The first kappa shape index (κ1) is 55.4. The highest BCUT2D eigenvalue weighted by Gasteiger charge is 2.51. The Morgan fingerprint density at radius 3 is 1.76 bits per heavy atom. The van der Waals surface area contributed by atoms with Crippen LogP contribution in [0.3, 0.4) is 0 Å². The van der Waals surface area contributed by atoms with E-state index in [0.29, 0.717) is 31.5 Å². The van der Waals surface area contributed by atoms with E-state index in [0.717, 1.165) is 77.0 Å². The van der Waals surface area contributed by atoms with Crippen molar-refractivity contribution in [2.75, 3.05) is 13.2 Å². The number of carbonyl (C=O) groups excluding carboxylic acids is 2. The smallest absolute Gasteiger partial charge is 0.462 e. The van der Waals surface area contributed by atoms with E-state index in [-0.39, 0.29) is 12.8 Å². The van der Waals surface area contributed by atoms with E-state index in [9.17, 15) is 44.6 Å². The average molecular weight is 897 g/mol. The number of aliphatic hydroxyl groups excluding tert-OH is 5. The fraction of sp³-hybridized carbons (Fsp3) is 0.702. The summed E-state index contributed by atoms with van der Waals surface area (Å²) in [6.07, 6.45) is 29.9. The maximum atomic E-state index is 12.8. The van der Waals surface area contributed by atoms with Gasteiger partial charge in [-0.05, 0) is 77.0 Å². The second-order valence-corrected chi connectivity index (χ2v) is 17.3. The molecule has 0 amide bonds. The van der Waals surface area contributed by atoms with Crippen LogP contribution in [0.1, 0.15) is 142 Å². The van der Waals surface area contributed by atoms with Crippen LogP contribution in [0.15, 0.2) is 72.9 Å². The zero-order chi connectivity index (χ0) is 45.4. The average Bonchev–Trinajstić information content (AvgIpc) is 4.01. The highest BCUT2D eigenvalue weighted by atomic mass is 31.2. The van der Waals surface area contributed by atoms with Crippen LogP contribution in [-0.4, -0.2) is 111 Å². The predicted molar refractivity (Wildman–Crippen MR) is 239 cm³/mol. The van der Waals surface area contributed by atoms with Crippen LogP contribution in [0.25, 0.3) is 0 Å². The van der Waals surface area contributed by atoms with Crippen molar-refractivity contribution in [3.05, 3.63) is 72.9 Å². The number of hydrogen-bond acceptors (Lipinski definition) is 13. The Hall–Kier alpha value is -2.75. The Morgan fingerprint density at radius 2 is 1.13 bits per heavy atom. The quantitative estimate of drug-likeness (QED) is 0.0118. The van der Waals surface area contributed by atoms with Gasteiger partial charge in [-0.15, -0.1) is 0 Å². The number of phosphoric ester groups is 1. The molecule has 5 unspecified atom stereocenters. The predicted octanol–water partition coefficient (Wildman–Crippen LogP) is 7.71. The summed E-state index contributed by atoms with van der Waals surface area (Å²) in [6, 6.07) is 0. The molecule has 0 bridgehead atoms. The summed E-state index contributed by atoms with van der Waals surface area (Å²) in [7, 11) is -5.14. The molecule has 1 heterocycles. The van der Waals surface area contributed by atoms with Crippen LogP contribution in [0, 0.1) is 0 Å². The zero-order valence-corrected chi connectivity index (χ0v) is 38.0. The Kier molecular flexibility index (Phi) is 30.1. The molecule has 1 aliphatic carbocycles. The number of rotatable bonds is 35. The van der Waals surface area contributed by atoms with E-state index in [4.69, 9.17) is 23.3 Å². The summed E-state index contributed by atoms with van der Waals surface area (Å²) in [5.74, 6) is -1.20. The molecule has 0 radical (unpaired) electrons. The molecule has 15 heteroatoms. The maximum absolute atomic E-state index is 12.8. The molecular formula is C47H77O14P. The van der Waals surface area contributed by atoms with E-state index < -0.39 is 75.7 Å². The standard InChI is InChI=1S/C47H77O14P/c1-3-5-7-8-9-10-11-12-13-14-15-19-22-25-29-33-40(48)57-35-37(36-58-62(55,56)61-47-45(53)43(51)42(50)44(52)46(47)54)59-41(49)34-30-26-23-20-17-16-18-21-24-28-32-39-38(60-39)31-27-6-4-2/h5,7,9-10,12-13,16,18,20,23-24,28,37-39,42-47,50-54H,3-4,6,8,11,14-15,17,19,21-22,25-27,29-36H2,1-2H3,(H,55,56)/b7-5-,10-9-,13-12-,18-16-,23-20-,28-24-/t37-,38?,39?,42?,43-,44+,45-,46-,47?/m1/s1. The van der Waals surface area contributed by atoms with Crippen molar-refractivity contribution < 1.29 is 67.8 Å². The summed E-state index contributed by atoms with van der Waals surface area (Å²) >= 11 is 0. The van der Waals surface area contributed by atoms with Gasteiger partial charge in [0, 0.05) is 12.8 Å². The lowest BCUT2D eigenvalue weighted by atomic mass is 9.85. The van der Waals surface area contributed by atoms with Crippen LogP contribution in [0.2, 0.25) is 0 Å². The fourth-order valence-corrected chi connectivity index (χ4v) is 7.65. The molecule has 2 rings (SSSR count). The van der Waals surface area contributed by atoms with E-state index >= 15 is 0 Å². The molecule has 14 nitrogen and oxygen atoms in total. The molecular weight excluding hydrogens is 819 g/mol. The van der Waals surface area contributed by atoms with E-state index in [1.807, 2.05) is 12.2 Å². The van der Waals surface area contributed by atoms with Gasteiger partial charge in [0.1, 0.15) is 43.2 Å². The number of allylic oxidation sites excluding steroid dienone is 11. The van der Waals surface area contributed by atoms with Crippen LogP contribution in [0.4, 0.5) is 0 Å². The SMILES string of the molecule is CC/C=C\C/C=C\C/C=C\CCCCCCCC(=O)OC[C@H](COP(=O)(O)OC1[C@H](O)[C@H](O)C(O)[C@H](O)[C@H]1O)OC(=O)CCC/C=C\C/C=C\C/C=C\CC1OC1CCCCC. The van der Waals surface area contributed by atoms with Crippen LogP contribution in [-0.2, 0) is 37.4 Å². The normalized spacial score (nSPS) is 25.8. The minimum Gasteiger partial charge on any atom is -0.462 e. The van der Waals surface area contributed by atoms with Gasteiger partial charge >= 0.3 is 19.8 Å². The monoisotopic (exact) mass is 897 g/mol. The summed E-state index contributed by atoms with van der Waals surface area (Å²) < 4.78 is 39.2. The summed E-state index contributed by atoms with van der Waals surface area (Å²) in [5, 5.41) is 50.1. The fourth-order valence-electron chi connectivity index (χ4n) is 6.68. The molecule has 10 atom stereocenters. The lowest BCUT2D eigenvalue weighted by Crippen LogP contribution is -2.64. The topological polar surface area (TPSA) is 222 Å². The third-order valence-electron chi connectivity index (χ3n) is 10.5. The van der Waals surface area contributed by atoms with Gasteiger partial charge in [0.2, 0.25) is 0 Å². The lowest BCUT2D eigenvalue weighted by Gasteiger charge is -2.41. The molecule has 0 spiro atoms. The molecule has 1 saturated carbocycles. The van der Waals surface area contributed by atoms with E-state index in [1.165, 1.54) is 19.3 Å². The number of esters is 2. The van der Waals surface area contributed by atoms with E-state index in [2.05, 4.69) is 74.6 Å². The van der Waals surface area contributed by atoms with Gasteiger partial charge in [-0.1, -0.05) is 125 Å². The number of phosphoric acid groups is 1. The minimum absolute atomic E-state index is 0.00914. The largest absolute Gasteiger partial charge is 0.472 e. The summed E-state index contributed by atoms with van der Waals surface area (Å²) in [6.45, 7) is 3.07. The van der Waals surface area contributed by atoms with Crippen molar-refractivity contribution in [2.45, 2.75) is 197 Å². The van der Waals surface area contributed by atoms with Gasteiger partial charge in [0.05, 0.1) is 18.8 Å². The van der Waals surface area contributed by atoms with Crippen molar-refractivity contribution in [3.63, 3.8) is 0 Å². The molecule has 0 aromatic heterocycles. The molecule has 1 aliphatic heterocycles. The Bertz CT molecular complexity index is 1430. The van der Waals surface area contributed by atoms with Gasteiger partial charge in [-0.2, -0.15) is 0 Å². The molecule has 2 aliphatic rings. The first-order valence-corrected chi connectivity index (χ1v) is 24.4. The Balaban J connectivity index is 1.74. The van der Waals surface area contributed by atoms with Crippen LogP contribution >= 0.6 is 7.82 Å². The van der Waals surface area contributed by atoms with Crippen molar-refractivity contribution >= 4 is 19.8 Å². The zero-order valence-electron chi connectivity index (χ0n) is 37.1. The highest BCUT2D eigenvalue weighted by Crippen LogP contribution is 2.47. The Morgan fingerprint density at radius 1 is 0.597 bits per heavy atom. The summed E-state index contributed by atoms with van der Waals surface area (Å²) in [4.78, 5) is 35.7. The molecule has 1 saturated heterocycles. The number of aliphatic hydroxyl groups is 5. The molecule has 6 N–H and O–H groups in total. The lowest BCUT2D eigenvalue weighted by molar-refractivity contribution is -0.220. The third kappa shape index (κ3) is 25.5. The molecule has 0 aromatic carbocycles. The first-order chi connectivity index (χ1) is 29.9. The number of carbonyl (C=O) groups is 2. The maximum Gasteiger partial charge on any atom is 0.472 e. The first-order valence-electron chi connectivity index (χ1n) is 22.9. The number of ether oxygens (including phenoxy) is 3. The van der Waals surface area contributed by atoms with Gasteiger partial charge in [0.15, 0.2) is 6.10 Å². The number of hydrogen-bond donors (Lipinski definition) is 6. The Labute approximate surface area is 370 Å². The number of unbranched alkanes of at least 4 members (excludes halogenated alkanes) is 8. The van der Waals surface area contributed by atoms with Crippen LogP contribution < -0.4 is 0 Å². The highest BCUT2D eigenvalue weighted by molar-refractivity contribution is 7.47. The second kappa shape index (κ2) is 33.7. The number of epoxide rings is 1. The van der Waals surface area contributed by atoms with Crippen molar-refractivity contribution in [3.8, 4) is 0 Å². The van der Waals surface area contributed by atoms with E-state index in [1.54, 1.807) is 0 Å². The molecule has 62 heavy (non-hydrogen) atoms. The van der Waals surface area contributed by atoms with Crippen molar-refractivity contribution in [2.24, 2.45) is 0 Å². The van der Waals surface area contributed by atoms with Gasteiger partial charge in [-0.3, -0.25) is 18.6 Å². The van der Waals surface area contributed by atoms with Crippen molar-refractivity contribution in [1.82, 2.24) is 0 Å². The third-order valence-corrected chi connectivity index (χ3v) is 11.4. The van der Waals surface area contributed by atoms with Crippen molar-refractivity contribution in [1.29, 1.82) is 0 Å². The summed E-state index contributed by atoms with van der Waals surface area (Å²) in [5.41, 5.74) is 0. The van der Waals surface area contributed by atoms with Gasteiger partial charge in [0.25, 0.3) is 0 Å². The minimum atomic E-state index is -5.14. The van der Waals surface area contributed by atoms with Gasteiger partial charge in [-0.25, -0.2) is 4.57 Å². The van der Waals surface area contributed by atoms with Gasteiger partial charge < -0.3 is 44.6 Å². The molecule has 0 aromatic rings. The molecule has 354 valence electrons. The molecule has 2 fully saturated rings. The van der Waals surface area contributed by atoms with Crippen LogP contribution in [0.5, 0.6) is 0 Å².